The van der Waals surface area contributed by atoms with E-state index in [0.29, 0.717) is 22.1 Å². The van der Waals surface area contributed by atoms with Crippen molar-refractivity contribution in [1.82, 2.24) is 9.97 Å². The highest BCUT2D eigenvalue weighted by molar-refractivity contribution is 7.92. The van der Waals surface area contributed by atoms with Gasteiger partial charge in [-0.2, -0.15) is 0 Å². The summed E-state index contributed by atoms with van der Waals surface area (Å²) in [5.41, 5.74) is 3.17. The third-order valence-electron chi connectivity index (χ3n) is 4.95. The van der Waals surface area contributed by atoms with Crippen molar-refractivity contribution in [2.24, 2.45) is 0 Å². The molecule has 2 aromatic heterocycles. The zero-order valence-corrected chi connectivity index (χ0v) is 20.3. The number of amides is 1. The van der Waals surface area contributed by atoms with Gasteiger partial charge in [-0.05, 0) is 49.4 Å². The van der Waals surface area contributed by atoms with Gasteiger partial charge >= 0.3 is 0 Å². The summed E-state index contributed by atoms with van der Waals surface area (Å²) in [6, 6.07) is 20.7. The van der Waals surface area contributed by atoms with Crippen LogP contribution in [0.5, 0.6) is 0 Å². The van der Waals surface area contributed by atoms with Crippen LogP contribution in [0.25, 0.3) is 20.9 Å². The molecule has 10 heteroatoms. The molecule has 5 rings (SSSR count). The lowest BCUT2D eigenvalue weighted by atomic mass is 10.2. The average Bonchev–Trinajstić information content (AvgIpc) is 3.46. The van der Waals surface area contributed by atoms with Gasteiger partial charge in [0.25, 0.3) is 15.9 Å². The number of hydrogen-bond donors (Lipinski definition) is 2. The Morgan fingerprint density at radius 1 is 0.941 bits per heavy atom. The van der Waals surface area contributed by atoms with Gasteiger partial charge in [0.1, 0.15) is 10.7 Å². The second-order valence-corrected chi connectivity index (χ2v) is 11.0. The molecule has 3 aromatic carbocycles. The molecule has 0 bridgehead atoms. The van der Waals surface area contributed by atoms with Crippen LogP contribution in [0, 0.1) is 6.92 Å². The number of carbonyl (C=O) groups is 1. The number of aryl methyl sites for hydroxylation is 1. The van der Waals surface area contributed by atoms with Gasteiger partial charge in [-0.25, -0.2) is 18.4 Å². The van der Waals surface area contributed by atoms with Crippen LogP contribution in [0.15, 0.2) is 83.1 Å². The first kappa shape index (κ1) is 22.2. The quantitative estimate of drug-likeness (QED) is 0.304. The lowest BCUT2D eigenvalue weighted by Gasteiger charge is -2.10. The highest BCUT2D eigenvalue weighted by Gasteiger charge is 2.16. The summed E-state index contributed by atoms with van der Waals surface area (Å²) in [5, 5.41) is 5.84. The maximum atomic E-state index is 12.8. The number of thiazole rings is 2. The molecule has 0 saturated carbocycles. The van der Waals surface area contributed by atoms with Crippen LogP contribution in [0.1, 0.15) is 15.9 Å². The summed E-state index contributed by atoms with van der Waals surface area (Å²) in [6.07, 6.45) is 0. The molecule has 34 heavy (non-hydrogen) atoms. The van der Waals surface area contributed by atoms with Gasteiger partial charge in [-0.1, -0.05) is 35.9 Å². The van der Waals surface area contributed by atoms with Gasteiger partial charge in [-0.15, -0.1) is 22.7 Å². The number of sulfonamides is 1. The van der Waals surface area contributed by atoms with Crippen LogP contribution < -0.4 is 10.0 Å². The Morgan fingerprint density at radius 2 is 1.74 bits per heavy atom. The molecular formula is C24H18N4O3S3. The van der Waals surface area contributed by atoms with E-state index < -0.39 is 10.0 Å². The second kappa shape index (κ2) is 8.98. The van der Waals surface area contributed by atoms with E-state index in [0.717, 1.165) is 20.8 Å². The van der Waals surface area contributed by atoms with Crippen LogP contribution in [-0.2, 0) is 10.0 Å². The number of nitrogens with zero attached hydrogens (tertiary/aromatic N) is 2. The van der Waals surface area contributed by atoms with Crippen molar-refractivity contribution in [3.8, 4) is 10.7 Å². The van der Waals surface area contributed by atoms with Crippen molar-refractivity contribution < 1.29 is 13.2 Å². The number of nitrogens with one attached hydrogen (secondary N) is 2. The van der Waals surface area contributed by atoms with Gasteiger partial charge < -0.3 is 0 Å². The van der Waals surface area contributed by atoms with Crippen molar-refractivity contribution in [2.75, 3.05) is 10.0 Å². The SMILES string of the molecule is Cc1ccc(S(=O)(=O)Nc2cccc(C(=O)Nc3nc(-c4nc5ccccc5s4)cs3)c2)cc1. The third-order valence-corrected chi connectivity index (χ3v) is 8.16. The molecule has 0 saturated heterocycles. The Hall–Kier alpha value is -3.60. The van der Waals surface area contributed by atoms with Crippen LogP contribution >= 0.6 is 22.7 Å². The fraction of sp³-hybridized carbons (Fsp3) is 0.0417. The van der Waals surface area contributed by atoms with E-state index in [1.54, 1.807) is 53.8 Å². The molecule has 0 unspecified atom stereocenters. The molecule has 5 aromatic rings. The van der Waals surface area contributed by atoms with Gasteiger partial charge in [0.05, 0.1) is 15.1 Å². The molecule has 0 spiro atoms. The number of rotatable bonds is 6. The van der Waals surface area contributed by atoms with Gasteiger partial charge in [0.2, 0.25) is 0 Å². The highest BCUT2D eigenvalue weighted by Crippen LogP contribution is 2.32. The number of benzene rings is 3. The van der Waals surface area contributed by atoms with E-state index in [4.69, 9.17) is 0 Å². The summed E-state index contributed by atoms with van der Waals surface area (Å²) in [6.45, 7) is 1.89. The summed E-state index contributed by atoms with van der Waals surface area (Å²) >= 11 is 2.84. The monoisotopic (exact) mass is 506 g/mol. The molecule has 1 amide bonds. The van der Waals surface area contributed by atoms with Gasteiger partial charge in [0.15, 0.2) is 5.13 Å². The first-order valence-corrected chi connectivity index (χ1v) is 13.4. The normalized spacial score (nSPS) is 11.4. The molecular weight excluding hydrogens is 488 g/mol. The van der Waals surface area contributed by atoms with Gasteiger partial charge in [0, 0.05) is 16.6 Å². The fourth-order valence-corrected chi connectivity index (χ4v) is 5.98. The first-order valence-electron chi connectivity index (χ1n) is 10.2. The van der Waals surface area contributed by atoms with Gasteiger partial charge in [-0.3, -0.25) is 14.8 Å². The molecule has 7 nitrogen and oxygen atoms in total. The maximum Gasteiger partial charge on any atom is 0.261 e. The first-order chi connectivity index (χ1) is 16.4. The lowest BCUT2D eigenvalue weighted by Crippen LogP contribution is -2.15. The van der Waals surface area contributed by atoms with Crippen molar-refractivity contribution in [1.29, 1.82) is 0 Å². The smallest absolute Gasteiger partial charge is 0.261 e. The maximum absolute atomic E-state index is 12.8. The van der Waals surface area contributed by atoms with Crippen LogP contribution in [0.4, 0.5) is 10.8 Å². The number of anilines is 2. The molecule has 0 fully saturated rings. The highest BCUT2D eigenvalue weighted by atomic mass is 32.2. The van der Waals surface area contributed by atoms with E-state index in [9.17, 15) is 13.2 Å². The molecule has 0 radical (unpaired) electrons. The number of aromatic nitrogens is 2. The summed E-state index contributed by atoms with van der Waals surface area (Å²) in [5.74, 6) is -0.387. The number of fused-ring (bicyclic) bond motifs is 1. The van der Waals surface area contributed by atoms with E-state index in [2.05, 4.69) is 20.0 Å². The molecule has 170 valence electrons. The Labute approximate surface area is 204 Å². The minimum Gasteiger partial charge on any atom is -0.298 e. The lowest BCUT2D eigenvalue weighted by molar-refractivity contribution is 0.102. The summed E-state index contributed by atoms with van der Waals surface area (Å²) in [4.78, 5) is 22.0. The largest absolute Gasteiger partial charge is 0.298 e. The topological polar surface area (TPSA) is 101 Å². The predicted octanol–water partition coefficient (Wildman–Crippen LogP) is 5.78. The third kappa shape index (κ3) is 4.69. The van der Waals surface area contributed by atoms with Crippen molar-refractivity contribution in [2.45, 2.75) is 11.8 Å². The average molecular weight is 507 g/mol. The molecule has 0 aliphatic heterocycles. The fourth-order valence-electron chi connectivity index (χ4n) is 3.24. The Kier molecular flexibility index (Phi) is 5.86. The number of carbonyl (C=O) groups excluding carboxylic acids is 1. The molecule has 2 N–H and O–H groups in total. The molecule has 0 aliphatic carbocycles. The number of hydrogen-bond acceptors (Lipinski definition) is 7. The van der Waals surface area contributed by atoms with E-state index in [1.807, 2.05) is 36.6 Å². The Bertz CT molecular complexity index is 1570. The Balaban J connectivity index is 1.31. The zero-order valence-electron chi connectivity index (χ0n) is 17.8. The minimum absolute atomic E-state index is 0.151. The van der Waals surface area contributed by atoms with Crippen molar-refractivity contribution >= 4 is 59.6 Å². The molecule has 2 heterocycles. The minimum atomic E-state index is -3.77. The standard InChI is InChI=1S/C24H18N4O3S3/c1-15-9-11-18(12-10-15)34(30,31)28-17-6-4-5-16(13-17)22(29)27-24-26-20(14-32-24)23-25-19-7-2-3-8-21(19)33-23/h2-14,28H,1H3,(H,26,27,29). The number of para-hydroxylation sites is 1. The summed E-state index contributed by atoms with van der Waals surface area (Å²) < 4.78 is 28.9. The molecule has 0 atom stereocenters. The predicted molar refractivity (Wildman–Crippen MR) is 137 cm³/mol. The summed E-state index contributed by atoms with van der Waals surface area (Å²) in [7, 11) is -3.77. The van der Waals surface area contributed by atoms with E-state index in [-0.39, 0.29) is 10.8 Å². The van der Waals surface area contributed by atoms with Crippen LogP contribution in [0.2, 0.25) is 0 Å². The van der Waals surface area contributed by atoms with E-state index in [1.165, 1.54) is 17.4 Å². The Morgan fingerprint density at radius 3 is 2.53 bits per heavy atom. The van der Waals surface area contributed by atoms with Crippen LogP contribution in [-0.4, -0.2) is 24.3 Å². The van der Waals surface area contributed by atoms with Crippen molar-refractivity contribution in [3.63, 3.8) is 0 Å². The second-order valence-electron chi connectivity index (χ2n) is 7.48. The van der Waals surface area contributed by atoms with Crippen molar-refractivity contribution in [3.05, 3.63) is 89.3 Å². The zero-order chi connectivity index (χ0) is 23.7. The molecule has 0 aliphatic rings. The van der Waals surface area contributed by atoms with E-state index >= 15 is 0 Å². The van der Waals surface area contributed by atoms with Crippen LogP contribution in [0.3, 0.4) is 0 Å².